The van der Waals surface area contributed by atoms with Gasteiger partial charge < -0.3 is 14.3 Å². The maximum Gasteiger partial charge on any atom is 0.336 e. The Morgan fingerprint density at radius 3 is 2.81 bits per heavy atom. The van der Waals surface area contributed by atoms with E-state index < -0.39 is 5.63 Å². The number of carbonyl (C=O) groups is 1. The highest BCUT2D eigenvalue weighted by Crippen LogP contribution is 2.34. The molecule has 2 aromatic rings. The molecule has 16 heavy (non-hydrogen) atoms. The number of fused-ring (bicyclic) bond motifs is 1. The highest BCUT2D eigenvalue weighted by atomic mass is 16.5. The zero-order valence-corrected chi connectivity index (χ0v) is 8.39. The molecule has 0 spiro atoms. The van der Waals surface area contributed by atoms with Gasteiger partial charge in [-0.15, -0.1) is 0 Å². The minimum absolute atomic E-state index is 0.0399. The Morgan fingerprint density at radius 2 is 2.19 bits per heavy atom. The summed E-state index contributed by atoms with van der Waals surface area (Å²) < 4.78 is 9.76. The summed E-state index contributed by atoms with van der Waals surface area (Å²) >= 11 is 0. The molecule has 0 radical (unpaired) electrons. The lowest BCUT2D eigenvalue weighted by Gasteiger charge is -2.07. The van der Waals surface area contributed by atoms with E-state index in [4.69, 9.17) is 9.15 Å². The van der Waals surface area contributed by atoms with Gasteiger partial charge in [0.2, 0.25) is 0 Å². The van der Waals surface area contributed by atoms with E-state index in [0.29, 0.717) is 11.7 Å². The predicted molar refractivity (Wildman–Crippen MR) is 56.1 cm³/mol. The smallest absolute Gasteiger partial charge is 0.336 e. The Morgan fingerprint density at radius 1 is 1.44 bits per heavy atom. The van der Waals surface area contributed by atoms with Crippen molar-refractivity contribution >= 4 is 17.3 Å². The zero-order valence-electron chi connectivity index (χ0n) is 8.39. The highest BCUT2D eigenvalue weighted by molar-refractivity contribution is 6.00. The molecule has 0 amide bonds. The lowest BCUT2D eigenvalue weighted by atomic mass is 10.1. The number of aldehydes is 1. The van der Waals surface area contributed by atoms with Crippen LogP contribution < -0.4 is 10.4 Å². The third kappa shape index (κ3) is 1.42. The number of hydrogen-bond acceptors (Lipinski definition) is 5. The summed E-state index contributed by atoms with van der Waals surface area (Å²) in [6.45, 7) is 0. The van der Waals surface area contributed by atoms with Gasteiger partial charge in [0.1, 0.15) is 5.58 Å². The number of phenols is 1. The summed E-state index contributed by atoms with van der Waals surface area (Å²) in [6, 6.07) is 3.96. The molecule has 0 aliphatic carbocycles. The highest BCUT2D eigenvalue weighted by Gasteiger charge is 2.14. The number of methoxy groups -OCH3 is 1. The Kier molecular flexibility index (Phi) is 2.36. The minimum atomic E-state index is -0.530. The molecular formula is C11H8O5. The Bertz CT molecular complexity index is 612. The van der Waals surface area contributed by atoms with Gasteiger partial charge >= 0.3 is 5.63 Å². The molecule has 0 saturated heterocycles. The molecule has 1 aromatic heterocycles. The molecule has 5 heteroatoms. The number of ether oxygens (including phenoxy) is 1. The standard InChI is InChI=1S/C11H8O5/c1-15-9-4-8-6(2-3-10(13)16-8)7(5-12)11(9)14/h2-5,14H,1H3. The van der Waals surface area contributed by atoms with Crippen LogP contribution in [0.1, 0.15) is 10.4 Å². The van der Waals surface area contributed by atoms with Crippen molar-refractivity contribution in [3.05, 3.63) is 34.2 Å². The number of carbonyl (C=O) groups excluding carboxylic acids is 1. The van der Waals surface area contributed by atoms with Crippen LogP contribution in [0.15, 0.2) is 27.4 Å². The van der Waals surface area contributed by atoms with Crippen LogP contribution in [0, 0.1) is 0 Å². The number of phenolic OH excluding ortho intramolecular Hbond substituents is 1. The molecule has 0 unspecified atom stereocenters. The van der Waals surface area contributed by atoms with E-state index in [1.54, 1.807) is 0 Å². The minimum Gasteiger partial charge on any atom is -0.504 e. The third-order valence-corrected chi connectivity index (χ3v) is 2.24. The van der Waals surface area contributed by atoms with Crippen LogP contribution >= 0.6 is 0 Å². The van der Waals surface area contributed by atoms with Crippen molar-refractivity contribution in [1.82, 2.24) is 0 Å². The van der Waals surface area contributed by atoms with Gasteiger partial charge in [-0.3, -0.25) is 4.79 Å². The molecule has 0 saturated carbocycles. The molecule has 5 nitrogen and oxygen atoms in total. The average molecular weight is 220 g/mol. The first-order valence-corrected chi connectivity index (χ1v) is 4.46. The van der Waals surface area contributed by atoms with Crippen molar-refractivity contribution in [2.75, 3.05) is 7.11 Å². The Balaban J connectivity index is 2.94. The molecule has 1 N–H and O–H groups in total. The number of aromatic hydroxyl groups is 1. The molecule has 82 valence electrons. The topological polar surface area (TPSA) is 76.7 Å². The third-order valence-electron chi connectivity index (χ3n) is 2.24. The van der Waals surface area contributed by atoms with Gasteiger partial charge in [-0.2, -0.15) is 0 Å². The quantitative estimate of drug-likeness (QED) is 0.610. The molecule has 0 fully saturated rings. The summed E-state index contributed by atoms with van der Waals surface area (Å²) in [6.07, 6.45) is 0.486. The Hall–Kier alpha value is -2.30. The van der Waals surface area contributed by atoms with Gasteiger partial charge in [0, 0.05) is 17.5 Å². The van der Waals surface area contributed by atoms with Crippen LogP contribution in [0.25, 0.3) is 11.0 Å². The number of hydrogen-bond donors (Lipinski definition) is 1. The summed E-state index contributed by atoms with van der Waals surface area (Å²) in [7, 11) is 1.34. The molecule has 1 aromatic carbocycles. The first kappa shape index (κ1) is 10.2. The monoisotopic (exact) mass is 220 g/mol. The average Bonchev–Trinajstić information content (AvgIpc) is 2.28. The largest absolute Gasteiger partial charge is 0.504 e. The first-order chi connectivity index (χ1) is 7.67. The number of rotatable bonds is 2. The fourth-order valence-corrected chi connectivity index (χ4v) is 1.48. The second kappa shape index (κ2) is 3.69. The second-order valence-electron chi connectivity index (χ2n) is 3.13. The molecule has 1 heterocycles. The van der Waals surface area contributed by atoms with E-state index in [1.165, 1.54) is 25.3 Å². The van der Waals surface area contributed by atoms with Gasteiger partial charge in [-0.1, -0.05) is 0 Å². The first-order valence-electron chi connectivity index (χ1n) is 4.46. The fraction of sp³-hybridized carbons (Fsp3) is 0.0909. The van der Waals surface area contributed by atoms with Crippen LogP contribution in [0.3, 0.4) is 0 Å². The zero-order chi connectivity index (χ0) is 11.7. The molecule has 0 atom stereocenters. The summed E-state index contributed by atoms with van der Waals surface area (Å²) in [5, 5.41) is 10.0. The predicted octanol–water partition coefficient (Wildman–Crippen LogP) is 1.32. The van der Waals surface area contributed by atoms with E-state index in [2.05, 4.69) is 0 Å². The van der Waals surface area contributed by atoms with Crippen molar-refractivity contribution in [2.24, 2.45) is 0 Å². The van der Waals surface area contributed by atoms with Crippen LogP contribution in [-0.2, 0) is 0 Å². The SMILES string of the molecule is COc1cc2oc(=O)ccc2c(C=O)c1O. The summed E-state index contributed by atoms with van der Waals surface area (Å²) in [4.78, 5) is 21.9. The summed E-state index contributed by atoms with van der Waals surface area (Å²) in [5.41, 5.74) is -0.292. The maximum absolute atomic E-state index is 11.0. The van der Waals surface area contributed by atoms with Crippen LogP contribution in [0.5, 0.6) is 11.5 Å². The van der Waals surface area contributed by atoms with E-state index in [-0.39, 0.29) is 22.6 Å². The maximum atomic E-state index is 11.0. The number of benzene rings is 1. The van der Waals surface area contributed by atoms with E-state index >= 15 is 0 Å². The molecular weight excluding hydrogens is 212 g/mol. The van der Waals surface area contributed by atoms with Crippen LogP contribution in [0.4, 0.5) is 0 Å². The van der Waals surface area contributed by atoms with Crippen LogP contribution in [-0.4, -0.2) is 18.5 Å². The van der Waals surface area contributed by atoms with Crippen molar-refractivity contribution in [2.45, 2.75) is 0 Å². The molecule has 0 aliphatic rings. The molecule has 0 aliphatic heterocycles. The van der Waals surface area contributed by atoms with Crippen molar-refractivity contribution in [3.8, 4) is 11.5 Å². The summed E-state index contributed by atoms with van der Waals surface area (Å²) in [5.74, 6) is -0.178. The van der Waals surface area contributed by atoms with E-state index in [0.717, 1.165) is 0 Å². The van der Waals surface area contributed by atoms with Gasteiger partial charge in [0.05, 0.1) is 12.7 Å². The second-order valence-corrected chi connectivity index (χ2v) is 3.13. The lowest BCUT2D eigenvalue weighted by Crippen LogP contribution is -1.97. The Labute approximate surface area is 89.9 Å². The molecule has 0 bridgehead atoms. The van der Waals surface area contributed by atoms with Gasteiger partial charge in [-0.05, 0) is 6.07 Å². The normalized spacial score (nSPS) is 10.3. The van der Waals surface area contributed by atoms with Crippen LogP contribution in [0.2, 0.25) is 0 Å². The lowest BCUT2D eigenvalue weighted by molar-refractivity contribution is 0.112. The van der Waals surface area contributed by atoms with Gasteiger partial charge in [-0.25, -0.2) is 4.79 Å². The fourth-order valence-electron chi connectivity index (χ4n) is 1.48. The van der Waals surface area contributed by atoms with Crippen molar-refractivity contribution in [3.63, 3.8) is 0 Å². The van der Waals surface area contributed by atoms with Gasteiger partial charge in [0.15, 0.2) is 17.8 Å². The van der Waals surface area contributed by atoms with Crippen molar-refractivity contribution in [1.29, 1.82) is 0 Å². The van der Waals surface area contributed by atoms with E-state index in [9.17, 15) is 14.7 Å². The molecule has 2 rings (SSSR count). The van der Waals surface area contributed by atoms with Gasteiger partial charge in [0.25, 0.3) is 0 Å². The van der Waals surface area contributed by atoms with E-state index in [1.807, 2.05) is 0 Å². The van der Waals surface area contributed by atoms with Crippen molar-refractivity contribution < 1.29 is 19.1 Å².